The van der Waals surface area contributed by atoms with Crippen LogP contribution in [0.15, 0.2) is 40.9 Å². The van der Waals surface area contributed by atoms with Gasteiger partial charge in [0.2, 0.25) is 0 Å². The van der Waals surface area contributed by atoms with E-state index in [0.29, 0.717) is 10.0 Å². The van der Waals surface area contributed by atoms with Crippen LogP contribution in [-0.2, 0) is 6.18 Å². The first-order valence-electron chi connectivity index (χ1n) is 6.39. The number of nitrogens with two attached hydrogens (primary N) is 1. The van der Waals surface area contributed by atoms with E-state index in [4.69, 9.17) is 5.73 Å². The smallest absolute Gasteiger partial charge is 0.320 e. The molecule has 0 aliphatic carbocycles. The van der Waals surface area contributed by atoms with Gasteiger partial charge < -0.3 is 5.73 Å². The molecule has 0 aliphatic heterocycles. The predicted octanol–water partition coefficient (Wildman–Crippen LogP) is 5.13. The van der Waals surface area contributed by atoms with Gasteiger partial charge in [-0.2, -0.15) is 13.2 Å². The summed E-state index contributed by atoms with van der Waals surface area (Å²) in [4.78, 5) is 0. The maximum atomic E-state index is 13.2. The highest BCUT2D eigenvalue weighted by Crippen LogP contribution is 2.38. The van der Waals surface area contributed by atoms with Crippen molar-refractivity contribution in [1.29, 1.82) is 0 Å². The molecule has 2 aromatic carbocycles. The fourth-order valence-corrected chi connectivity index (χ4v) is 2.67. The molecule has 21 heavy (non-hydrogen) atoms. The summed E-state index contributed by atoms with van der Waals surface area (Å²) in [6, 6.07) is 8.89. The molecule has 1 nitrogen and oxygen atoms in total. The average molecular weight is 358 g/mol. The van der Waals surface area contributed by atoms with E-state index in [1.54, 1.807) is 6.07 Å². The third-order valence-corrected chi connectivity index (χ3v) is 3.92. The summed E-state index contributed by atoms with van der Waals surface area (Å²) < 4.78 is 40.0. The van der Waals surface area contributed by atoms with Gasteiger partial charge in [0.1, 0.15) is 0 Å². The largest absolute Gasteiger partial charge is 0.416 e. The van der Waals surface area contributed by atoms with Gasteiger partial charge >= 0.3 is 6.18 Å². The van der Waals surface area contributed by atoms with Gasteiger partial charge in [-0.1, -0.05) is 45.8 Å². The molecule has 1 atom stereocenters. The first-order chi connectivity index (χ1) is 9.70. The molecule has 1 unspecified atom stereocenters. The minimum atomic E-state index is -4.44. The second-order valence-corrected chi connectivity index (χ2v) is 5.98. The lowest BCUT2D eigenvalue weighted by Gasteiger charge is -2.21. The Hall–Kier alpha value is -1.33. The number of alkyl halides is 3. The number of hydrogen-bond donors (Lipinski definition) is 1. The topological polar surface area (TPSA) is 26.0 Å². The van der Waals surface area contributed by atoms with E-state index in [9.17, 15) is 13.2 Å². The maximum absolute atomic E-state index is 13.2. The van der Waals surface area contributed by atoms with Crippen molar-refractivity contribution in [2.45, 2.75) is 26.1 Å². The highest BCUT2D eigenvalue weighted by molar-refractivity contribution is 9.10. The fraction of sp³-hybridized carbons (Fsp3) is 0.250. The molecule has 2 rings (SSSR count). The highest BCUT2D eigenvalue weighted by Gasteiger charge is 2.35. The second kappa shape index (κ2) is 5.81. The fourth-order valence-electron chi connectivity index (χ4n) is 2.31. The molecule has 0 saturated carbocycles. The van der Waals surface area contributed by atoms with Crippen molar-refractivity contribution >= 4 is 15.9 Å². The predicted molar refractivity (Wildman–Crippen MR) is 81.1 cm³/mol. The van der Waals surface area contributed by atoms with Crippen LogP contribution >= 0.6 is 15.9 Å². The summed E-state index contributed by atoms with van der Waals surface area (Å²) in [6.45, 7) is 3.74. The van der Waals surface area contributed by atoms with Crippen LogP contribution in [0.4, 0.5) is 13.2 Å². The van der Waals surface area contributed by atoms with Crippen molar-refractivity contribution in [2.24, 2.45) is 5.73 Å². The Kier molecular flexibility index (Phi) is 4.44. The van der Waals surface area contributed by atoms with E-state index in [2.05, 4.69) is 15.9 Å². The van der Waals surface area contributed by atoms with Crippen LogP contribution in [0.1, 0.15) is 33.9 Å². The summed E-state index contributed by atoms with van der Waals surface area (Å²) in [5.74, 6) is 0. The van der Waals surface area contributed by atoms with E-state index in [-0.39, 0.29) is 5.56 Å². The van der Waals surface area contributed by atoms with Crippen LogP contribution < -0.4 is 5.73 Å². The highest BCUT2D eigenvalue weighted by atomic mass is 79.9. The molecular formula is C16H15BrF3N. The minimum absolute atomic E-state index is 0.0828. The van der Waals surface area contributed by atoms with Crippen molar-refractivity contribution in [1.82, 2.24) is 0 Å². The van der Waals surface area contributed by atoms with E-state index in [0.717, 1.165) is 17.2 Å². The minimum Gasteiger partial charge on any atom is -0.320 e. The number of hydrogen-bond acceptors (Lipinski definition) is 1. The van der Waals surface area contributed by atoms with Gasteiger partial charge in [0.15, 0.2) is 0 Å². The molecule has 0 spiro atoms. The van der Waals surface area contributed by atoms with E-state index < -0.39 is 17.8 Å². The lowest BCUT2D eigenvalue weighted by molar-refractivity contribution is -0.138. The standard InChI is InChI=1S/C16H15BrF3N/c1-9-3-4-10(2)13(7-9)15(21)12-6-5-11(17)8-14(12)16(18,19)20/h3-8,15H,21H2,1-2H3. The first-order valence-corrected chi connectivity index (χ1v) is 7.19. The Morgan fingerprint density at radius 1 is 1.00 bits per heavy atom. The second-order valence-electron chi connectivity index (χ2n) is 5.07. The zero-order valence-corrected chi connectivity index (χ0v) is 13.2. The summed E-state index contributed by atoms with van der Waals surface area (Å²) in [5.41, 5.74) is 8.06. The lowest BCUT2D eigenvalue weighted by Crippen LogP contribution is -2.19. The van der Waals surface area contributed by atoms with Gasteiger partial charge in [-0.05, 0) is 42.7 Å². The monoisotopic (exact) mass is 357 g/mol. The summed E-state index contributed by atoms with van der Waals surface area (Å²) in [7, 11) is 0. The Bertz CT molecular complexity index is 665. The van der Waals surface area contributed by atoms with E-state index >= 15 is 0 Å². The summed E-state index contributed by atoms with van der Waals surface area (Å²) >= 11 is 3.08. The van der Waals surface area contributed by atoms with Gasteiger partial charge in [-0.15, -0.1) is 0 Å². The molecule has 0 aromatic heterocycles. The van der Waals surface area contributed by atoms with Crippen molar-refractivity contribution in [3.8, 4) is 0 Å². The van der Waals surface area contributed by atoms with Gasteiger partial charge in [-0.3, -0.25) is 0 Å². The molecule has 0 bridgehead atoms. The molecule has 0 saturated heterocycles. The van der Waals surface area contributed by atoms with Crippen LogP contribution in [0, 0.1) is 13.8 Å². The van der Waals surface area contributed by atoms with Crippen LogP contribution in [-0.4, -0.2) is 0 Å². The normalized spacial score (nSPS) is 13.3. The van der Waals surface area contributed by atoms with Gasteiger partial charge in [0.05, 0.1) is 11.6 Å². The third-order valence-electron chi connectivity index (χ3n) is 3.43. The molecule has 0 amide bonds. The molecule has 0 heterocycles. The number of rotatable bonds is 2. The van der Waals surface area contributed by atoms with Gasteiger partial charge in [-0.25, -0.2) is 0 Å². The molecule has 0 fully saturated rings. The third kappa shape index (κ3) is 3.47. The summed E-state index contributed by atoms with van der Waals surface area (Å²) in [5, 5.41) is 0. The number of aryl methyl sites for hydroxylation is 2. The van der Waals surface area contributed by atoms with Gasteiger partial charge in [0.25, 0.3) is 0 Å². The maximum Gasteiger partial charge on any atom is 0.416 e. The molecule has 5 heteroatoms. The zero-order chi connectivity index (χ0) is 15.8. The van der Waals surface area contributed by atoms with Crippen LogP contribution in [0.5, 0.6) is 0 Å². The SMILES string of the molecule is Cc1ccc(C)c(C(N)c2ccc(Br)cc2C(F)(F)F)c1. The Labute approximate surface area is 130 Å². The van der Waals surface area contributed by atoms with Crippen LogP contribution in [0.2, 0.25) is 0 Å². The van der Waals surface area contributed by atoms with Crippen LogP contribution in [0.25, 0.3) is 0 Å². The van der Waals surface area contributed by atoms with E-state index in [1.165, 1.54) is 6.07 Å². The molecular weight excluding hydrogens is 343 g/mol. The van der Waals surface area contributed by atoms with Crippen molar-refractivity contribution < 1.29 is 13.2 Å². The van der Waals surface area contributed by atoms with Crippen LogP contribution in [0.3, 0.4) is 0 Å². The molecule has 2 N–H and O–H groups in total. The quantitative estimate of drug-likeness (QED) is 0.791. The Balaban J connectivity index is 2.58. The number of benzene rings is 2. The molecule has 112 valence electrons. The number of halogens is 4. The zero-order valence-electron chi connectivity index (χ0n) is 11.6. The van der Waals surface area contributed by atoms with Crippen molar-refractivity contribution in [2.75, 3.05) is 0 Å². The Morgan fingerprint density at radius 3 is 2.29 bits per heavy atom. The lowest BCUT2D eigenvalue weighted by atomic mass is 9.91. The first kappa shape index (κ1) is 16.0. The Morgan fingerprint density at radius 2 is 1.67 bits per heavy atom. The van der Waals surface area contributed by atoms with Crippen molar-refractivity contribution in [3.05, 3.63) is 68.7 Å². The van der Waals surface area contributed by atoms with Gasteiger partial charge in [0, 0.05) is 4.47 Å². The van der Waals surface area contributed by atoms with E-state index in [1.807, 2.05) is 32.0 Å². The molecule has 0 radical (unpaired) electrons. The molecule has 0 aliphatic rings. The van der Waals surface area contributed by atoms with Crippen molar-refractivity contribution in [3.63, 3.8) is 0 Å². The summed E-state index contributed by atoms with van der Waals surface area (Å²) in [6.07, 6.45) is -4.44. The average Bonchev–Trinajstić information content (AvgIpc) is 2.40. The molecule has 2 aromatic rings.